The highest BCUT2D eigenvalue weighted by atomic mass is 16.7. The molecule has 8 nitrogen and oxygen atoms in total. The van der Waals surface area contributed by atoms with Crippen LogP contribution in [0.5, 0.6) is 23.0 Å². The zero-order valence-electron chi connectivity index (χ0n) is 15.9. The minimum Gasteiger partial charge on any atom is -0.508 e. The van der Waals surface area contributed by atoms with Gasteiger partial charge < -0.3 is 29.0 Å². The Bertz CT molecular complexity index is 1150. The van der Waals surface area contributed by atoms with Gasteiger partial charge >= 0.3 is 5.97 Å². The molecule has 0 fully saturated rings. The van der Waals surface area contributed by atoms with Gasteiger partial charge in [0.15, 0.2) is 11.5 Å². The molecule has 3 aromatic rings. The quantitative estimate of drug-likeness (QED) is 0.638. The average molecular weight is 397 g/mol. The van der Waals surface area contributed by atoms with Gasteiger partial charge in [0.05, 0.1) is 20.6 Å². The Labute approximate surface area is 165 Å². The first kappa shape index (κ1) is 18.7. The second-order valence-corrected chi connectivity index (χ2v) is 6.60. The number of rotatable bonds is 5. The molecule has 0 aliphatic carbocycles. The zero-order valence-corrected chi connectivity index (χ0v) is 15.9. The molecule has 1 aromatic heterocycles. The number of carbonyl (C=O) groups is 1. The fourth-order valence-electron chi connectivity index (χ4n) is 3.45. The summed E-state index contributed by atoms with van der Waals surface area (Å²) in [5, 5.41) is 11.3. The number of nitrogens with one attached hydrogen (secondary N) is 1. The Morgan fingerprint density at radius 3 is 2.62 bits per heavy atom. The molecule has 2 aromatic carbocycles. The van der Waals surface area contributed by atoms with Gasteiger partial charge in [0, 0.05) is 34.0 Å². The number of fused-ring (bicyclic) bond motifs is 2. The van der Waals surface area contributed by atoms with Gasteiger partial charge in [-0.25, -0.2) is 0 Å². The molecule has 0 radical (unpaired) electrons. The van der Waals surface area contributed by atoms with Crippen molar-refractivity contribution in [3.63, 3.8) is 0 Å². The number of ether oxygens (including phenoxy) is 4. The topological polar surface area (TPSA) is 107 Å². The molecule has 1 aliphatic heterocycles. The molecule has 0 spiro atoms. The molecule has 1 aliphatic rings. The number of esters is 1. The summed E-state index contributed by atoms with van der Waals surface area (Å²) in [5.74, 6) is 0.0968. The molecular formula is C21H19NO7. The molecule has 0 unspecified atom stereocenters. The second kappa shape index (κ2) is 7.38. The number of hydrogen-bond acceptors (Lipinski definition) is 7. The lowest BCUT2D eigenvalue weighted by molar-refractivity contribution is -0.140. The summed E-state index contributed by atoms with van der Waals surface area (Å²) in [7, 11) is 2.83. The van der Waals surface area contributed by atoms with Crippen LogP contribution in [0.15, 0.2) is 41.2 Å². The van der Waals surface area contributed by atoms with Crippen LogP contribution >= 0.6 is 0 Å². The van der Waals surface area contributed by atoms with Crippen molar-refractivity contribution in [3.05, 3.63) is 57.9 Å². The Morgan fingerprint density at radius 2 is 1.90 bits per heavy atom. The smallest absolute Gasteiger partial charge is 0.306 e. The molecule has 0 amide bonds. The van der Waals surface area contributed by atoms with Crippen molar-refractivity contribution >= 4 is 16.9 Å². The third-order valence-electron chi connectivity index (χ3n) is 4.95. The lowest BCUT2D eigenvalue weighted by Gasteiger charge is -2.18. The number of hydrogen-bond donors (Lipinski definition) is 2. The maximum atomic E-state index is 12.8. The Hall–Kier alpha value is -3.68. The van der Waals surface area contributed by atoms with E-state index in [0.29, 0.717) is 33.9 Å². The highest BCUT2D eigenvalue weighted by Gasteiger charge is 2.28. The number of methoxy groups -OCH3 is 2. The van der Waals surface area contributed by atoms with E-state index < -0.39 is 11.9 Å². The van der Waals surface area contributed by atoms with Gasteiger partial charge in [-0.3, -0.25) is 9.59 Å². The summed E-state index contributed by atoms with van der Waals surface area (Å²) in [6, 6.07) is 9.96. The van der Waals surface area contributed by atoms with Gasteiger partial charge in [0.1, 0.15) is 11.5 Å². The van der Waals surface area contributed by atoms with E-state index in [2.05, 4.69) is 4.98 Å². The maximum Gasteiger partial charge on any atom is 0.306 e. The highest BCUT2D eigenvalue weighted by molar-refractivity contribution is 5.81. The van der Waals surface area contributed by atoms with Crippen molar-refractivity contribution in [2.75, 3.05) is 21.0 Å². The van der Waals surface area contributed by atoms with Crippen LogP contribution in [-0.2, 0) is 9.53 Å². The Kier molecular flexibility index (Phi) is 4.75. The molecule has 0 bridgehead atoms. The molecular weight excluding hydrogens is 378 g/mol. The first-order valence-electron chi connectivity index (χ1n) is 8.90. The van der Waals surface area contributed by atoms with Crippen molar-refractivity contribution in [1.82, 2.24) is 4.98 Å². The highest BCUT2D eigenvalue weighted by Crippen LogP contribution is 2.43. The van der Waals surface area contributed by atoms with E-state index >= 15 is 0 Å². The summed E-state index contributed by atoms with van der Waals surface area (Å²) in [5.41, 5.74) is 0.942. The molecule has 0 saturated heterocycles. The minimum absolute atomic E-state index is 0.0379. The minimum atomic E-state index is -0.753. The normalized spacial score (nSPS) is 13.3. The van der Waals surface area contributed by atoms with Crippen molar-refractivity contribution < 1.29 is 28.8 Å². The Balaban J connectivity index is 1.89. The average Bonchev–Trinajstić information content (AvgIpc) is 3.17. The number of phenols is 1. The van der Waals surface area contributed by atoms with E-state index in [-0.39, 0.29) is 24.5 Å². The van der Waals surface area contributed by atoms with Crippen LogP contribution in [0.4, 0.5) is 0 Å². The van der Waals surface area contributed by atoms with E-state index in [0.717, 1.165) is 5.39 Å². The third-order valence-corrected chi connectivity index (χ3v) is 4.95. The summed E-state index contributed by atoms with van der Waals surface area (Å²) < 4.78 is 20.7. The molecule has 4 rings (SSSR count). The van der Waals surface area contributed by atoms with Crippen LogP contribution in [0.25, 0.3) is 10.9 Å². The van der Waals surface area contributed by atoms with Crippen molar-refractivity contribution in [2.45, 2.75) is 12.3 Å². The lowest BCUT2D eigenvalue weighted by Crippen LogP contribution is -2.20. The summed E-state index contributed by atoms with van der Waals surface area (Å²) in [4.78, 5) is 27.8. The lowest BCUT2D eigenvalue weighted by atomic mass is 9.87. The zero-order chi connectivity index (χ0) is 20.5. The molecule has 1 atom stereocenters. The van der Waals surface area contributed by atoms with Gasteiger partial charge in [-0.1, -0.05) is 0 Å². The van der Waals surface area contributed by atoms with Crippen LogP contribution in [0, 0.1) is 0 Å². The van der Waals surface area contributed by atoms with Crippen molar-refractivity contribution in [2.24, 2.45) is 0 Å². The fraction of sp³-hybridized carbons (Fsp3) is 0.238. The third kappa shape index (κ3) is 3.44. The molecule has 8 heteroatoms. The van der Waals surface area contributed by atoms with E-state index in [9.17, 15) is 14.7 Å². The van der Waals surface area contributed by atoms with Crippen LogP contribution in [-0.4, -0.2) is 37.1 Å². The SMILES string of the molecule is COC(=O)C[C@H](c1cc2c(cc1O)OCO2)c1cc2cc(OC)ccc2[nH]c1=O. The van der Waals surface area contributed by atoms with Gasteiger partial charge in [-0.05, 0) is 30.3 Å². The number of phenolic OH excluding ortho intramolecular Hbond substituents is 1. The van der Waals surface area contributed by atoms with Crippen LogP contribution in [0.3, 0.4) is 0 Å². The van der Waals surface area contributed by atoms with Crippen LogP contribution in [0.2, 0.25) is 0 Å². The first-order valence-corrected chi connectivity index (χ1v) is 8.90. The van der Waals surface area contributed by atoms with Crippen LogP contribution < -0.4 is 19.8 Å². The fourth-order valence-corrected chi connectivity index (χ4v) is 3.45. The molecule has 2 heterocycles. The van der Waals surface area contributed by atoms with Crippen molar-refractivity contribution in [3.8, 4) is 23.0 Å². The van der Waals surface area contributed by atoms with Crippen LogP contribution in [0.1, 0.15) is 23.5 Å². The van der Waals surface area contributed by atoms with Crippen molar-refractivity contribution in [1.29, 1.82) is 0 Å². The maximum absolute atomic E-state index is 12.8. The summed E-state index contributed by atoms with van der Waals surface area (Å²) in [6.45, 7) is 0.0379. The van der Waals surface area contributed by atoms with Gasteiger partial charge in [-0.15, -0.1) is 0 Å². The predicted molar refractivity (Wildman–Crippen MR) is 104 cm³/mol. The van der Waals surface area contributed by atoms with Gasteiger partial charge in [0.25, 0.3) is 5.56 Å². The number of carbonyl (C=O) groups excluding carboxylic acids is 1. The number of aromatic hydroxyl groups is 1. The molecule has 2 N–H and O–H groups in total. The first-order chi connectivity index (χ1) is 14.0. The largest absolute Gasteiger partial charge is 0.508 e. The molecule has 0 saturated carbocycles. The number of benzene rings is 2. The predicted octanol–water partition coefficient (Wildman–Crippen LogP) is 2.67. The number of pyridine rings is 1. The van der Waals surface area contributed by atoms with E-state index in [1.54, 1.807) is 37.4 Å². The summed E-state index contributed by atoms with van der Waals surface area (Å²) >= 11 is 0. The number of aromatic nitrogens is 1. The second-order valence-electron chi connectivity index (χ2n) is 6.60. The monoisotopic (exact) mass is 397 g/mol. The van der Waals surface area contributed by atoms with Gasteiger partial charge in [-0.2, -0.15) is 0 Å². The molecule has 150 valence electrons. The summed E-state index contributed by atoms with van der Waals surface area (Å²) in [6.07, 6.45) is -0.137. The van der Waals surface area contributed by atoms with E-state index in [1.807, 2.05) is 0 Å². The van der Waals surface area contributed by atoms with Gasteiger partial charge in [0.2, 0.25) is 6.79 Å². The van der Waals surface area contributed by atoms with E-state index in [4.69, 9.17) is 18.9 Å². The molecule has 29 heavy (non-hydrogen) atoms. The van der Waals surface area contributed by atoms with E-state index in [1.165, 1.54) is 13.2 Å². The standard InChI is InChI=1S/C21H19NO7/c1-26-12-3-4-16-11(5-12)6-15(21(25)22-16)13(8-20(24)27-2)14-7-18-19(9-17(14)23)29-10-28-18/h3-7,9,13,23H,8,10H2,1-2H3,(H,22,25)/t13-/m1/s1. The number of aromatic amines is 1. The Morgan fingerprint density at radius 1 is 1.14 bits per heavy atom. The number of H-pyrrole nitrogens is 1.